The van der Waals surface area contributed by atoms with Gasteiger partial charge in [0.25, 0.3) is 0 Å². The Kier molecular flexibility index (Phi) is 6.29. The normalized spacial score (nSPS) is 12.3. The number of benzene rings is 8. The molecular weight excluding hydrogens is 757 g/mol. The minimum absolute atomic E-state index is 0.897. The molecule has 280 valence electrons. The molecule has 0 unspecified atom stereocenters. The predicted molar refractivity (Wildman–Crippen MR) is 246 cm³/mol. The Morgan fingerprint density at radius 3 is 1.58 bits per heavy atom. The van der Waals surface area contributed by atoms with Crippen molar-refractivity contribution in [3.63, 3.8) is 0 Å². The van der Waals surface area contributed by atoms with Crippen molar-refractivity contribution in [2.24, 2.45) is 0 Å². The molecule has 14 aromatic rings. The van der Waals surface area contributed by atoms with Crippen LogP contribution in [0.2, 0.25) is 0 Å². The first-order valence-corrected chi connectivity index (χ1v) is 20.9. The van der Waals surface area contributed by atoms with Gasteiger partial charge in [-0.05, 0) is 108 Å². The number of hydrogen-bond acceptors (Lipinski definition) is 4. The fraction of sp³-hybridized carbons (Fsp3) is 0. The maximum Gasteiger partial charge on any atom is 0.220 e. The van der Waals surface area contributed by atoms with Crippen molar-refractivity contribution in [3.8, 4) is 22.5 Å². The zero-order valence-corrected chi connectivity index (χ0v) is 32.6. The maximum absolute atomic E-state index is 5.15. The van der Waals surface area contributed by atoms with Gasteiger partial charge in [0.15, 0.2) is 9.92 Å². The second-order valence-electron chi connectivity index (χ2n) is 15.4. The number of fused-ring (bicyclic) bond motifs is 17. The summed E-state index contributed by atoms with van der Waals surface area (Å²) >= 11 is 1.61. The van der Waals surface area contributed by atoms with Crippen molar-refractivity contribution >= 4 is 104 Å². The van der Waals surface area contributed by atoms with Crippen LogP contribution in [0.3, 0.4) is 0 Å². The molecule has 8 aromatic carbocycles. The molecule has 0 N–H and O–H groups in total. The van der Waals surface area contributed by atoms with Gasteiger partial charge < -0.3 is 4.57 Å². The standard InChI is InChI=1S/C51H30N8S/c1-2-12-33(13-3-1)56-45-27-24-34(30-48(45)57-42-19-9-5-15-37(42)52-49(56)57)55-40-18-8-4-14-35(40)36-28-31(22-25-41(36)55)32-23-26-46-47(29-32)59-44-21-11-7-17-39(44)54-51(59)60-50-53-38-16-6-10-20-43(38)58(46)50/h1-30H. The van der Waals surface area contributed by atoms with Gasteiger partial charge in [-0.2, -0.15) is 0 Å². The van der Waals surface area contributed by atoms with Gasteiger partial charge in [0.1, 0.15) is 0 Å². The average Bonchev–Trinajstić information content (AvgIpc) is 4.09. The van der Waals surface area contributed by atoms with Crippen LogP contribution < -0.4 is 0 Å². The highest BCUT2D eigenvalue weighted by Gasteiger charge is 2.21. The second kappa shape index (κ2) is 11.8. The van der Waals surface area contributed by atoms with Crippen LogP contribution in [0.15, 0.2) is 182 Å². The van der Waals surface area contributed by atoms with Gasteiger partial charge in [0.05, 0.1) is 66.2 Å². The van der Waals surface area contributed by atoms with Crippen LogP contribution in [0.4, 0.5) is 0 Å². The van der Waals surface area contributed by atoms with E-state index in [4.69, 9.17) is 15.0 Å². The van der Waals surface area contributed by atoms with Gasteiger partial charge in [-0.25, -0.2) is 15.0 Å². The second-order valence-corrected chi connectivity index (χ2v) is 16.3. The highest BCUT2D eigenvalue weighted by molar-refractivity contribution is 7.21. The molecule has 0 radical (unpaired) electrons. The van der Waals surface area contributed by atoms with Crippen molar-refractivity contribution in [3.05, 3.63) is 182 Å². The molecule has 0 aliphatic carbocycles. The number of imidazole rings is 4. The summed E-state index contributed by atoms with van der Waals surface area (Å²) in [5, 5.41) is 2.41. The first-order valence-electron chi connectivity index (χ1n) is 20.0. The molecule has 0 fully saturated rings. The van der Waals surface area contributed by atoms with E-state index in [9.17, 15) is 0 Å². The maximum atomic E-state index is 5.15. The van der Waals surface area contributed by atoms with Gasteiger partial charge in [0, 0.05) is 22.1 Å². The number of hydrogen-bond donors (Lipinski definition) is 0. The molecule has 0 saturated carbocycles. The van der Waals surface area contributed by atoms with Crippen molar-refractivity contribution in [2.75, 3.05) is 0 Å². The third-order valence-corrected chi connectivity index (χ3v) is 13.1. The average molecular weight is 787 g/mol. The lowest BCUT2D eigenvalue weighted by molar-refractivity contribution is 1.11. The van der Waals surface area contributed by atoms with E-state index < -0.39 is 0 Å². The third-order valence-electron chi connectivity index (χ3n) is 12.2. The smallest absolute Gasteiger partial charge is 0.220 e. The Balaban J connectivity index is 1.01. The van der Waals surface area contributed by atoms with E-state index in [1.54, 1.807) is 11.3 Å². The first kappa shape index (κ1) is 32.0. The number of nitrogens with zero attached hydrogens (tertiary/aromatic N) is 8. The predicted octanol–water partition coefficient (Wildman–Crippen LogP) is 12.6. The summed E-state index contributed by atoms with van der Waals surface area (Å²) in [5.41, 5.74) is 17.3. The Bertz CT molecular complexity index is 4140. The summed E-state index contributed by atoms with van der Waals surface area (Å²) in [6.07, 6.45) is 0. The molecule has 0 aliphatic heterocycles. The molecule has 0 atom stereocenters. The van der Waals surface area contributed by atoms with Gasteiger partial charge >= 0.3 is 0 Å². The van der Waals surface area contributed by atoms with Crippen LogP contribution in [-0.4, -0.2) is 37.3 Å². The lowest BCUT2D eigenvalue weighted by atomic mass is 10.0. The zero-order valence-electron chi connectivity index (χ0n) is 31.8. The van der Waals surface area contributed by atoms with Crippen molar-refractivity contribution < 1.29 is 0 Å². The summed E-state index contributed by atoms with van der Waals surface area (Å²) in [6.45, 7) is 0. The van der Waals surface area contributed by atoms with E-state index in [1.165, 1.54) is 10.8 Å². The third kappa shape index (κ3) is 4.30. The molecule has 8 nitrogen and oxygen atoms in total. The monoisotopic (exact) mass is 786 g/mol. The highest BCUT2D eigenvalue weighted by atomic mass is 32.1. The molecule has 60 heavy (non-hydrogen) atoms. The summed E-state index contributed by atoms with van der Waals surface area (Å²) in [6, 6.07) is 65.0. The Morgan fingerprint density at radius 1 is 0.317 bits per heavy atom. The number of rotatable bonds is 3. The quantitative estimate of drug-likeness (QED) is 0.179. The van der Waals surface area contributed by atoms with E-state index in [1.807, 2.05) is 6.07 Å². The molecule has 0 aliphatic rings. The molecule has 0 spiro atoms. The summed E-state index contributed by atoms with van der Waals surface area (Å²) in [5.74, 6) is 0.897. The molecule has 0 saturated heterocycles. The van der Waals surface area contributed by atoms with Crippen LogP contribution in [0, 0.1) is 0 Å². The van der Waals surface area contributed by atoms with E-state index in [0.717, 1.165) is 104 Å². The van der Waals surface area contributed by atoms with E-state index in [-0.39, 0.29) is 0 Å². The van der Waals surface area contributed by atoms with Crippen LogP contribution in [0.5, 0.6) is 0 Å². The molecule has 6 heterocycles. The fourth-order valence-corrected chi connectivity index (χ4v) is 10.6. The van der Waals surface area contributed by atoms with Crippen LogP contribution in [0.25, 0.3) is 115 Å². The SMILES string of the molecule is c1ccc(-n2c3ccc(-n4c5ccccc5c5cc(-c6ccc7c(c6)n6c(nc8ccccc86)sc6nc8ccccc8n67)ccc54)cc3n3c4ccccc4nc23)cc1. The van der Waals surface area contributed by atoms with Crippen LogP contribution in [-0.2, 0) is 0 Å². The molecule has 9 heteroatoms. The molecule has 0 amide bonds. The Morgan fingerprint density at radius 2 is 0.850 bits per heavy atom. The minimum Gasteiger partial charge on any atom is -0.309 e. The van der Waals surface area contributed by atoms with Gasteiger partial charge in [-0.1, -0.05) is 96.3 Å². The lowest BCUT2D eigenvalue weighted by Gasteiger charge is -2.10. The number of aromatic nitrogens is 8. The molecule has 14 rings (SSSR count). The largest absolute Gasteiger partial charge is 0.309 e. The summed E-state index contributed by atoms with van der Waals surface area (Å²) in [7, 11) is 0. The van der Waals surface area contributed by atoms with E-state index in [2.05, 4.69) is 198 Å². The zero-order chi connectivity index (χ0) is 39.1. The van der Waals surface area contributed by atoms with E-state index >= 15 is 0 Å². The highest BCUT2D eigenvalue weighted by Crippen LogP contribution is 2.38. The van der Waals surface area contributed by atoms with E-state index in [0.29, 0.717) is 0 Å². The molecule has 0 bridgehead atoms. The molecular formula is C51H30N8S. The Labute approximate surface area is 344 Å². The van der Waals surface area contributed by atoms with Gasteiger partial charge in [-0.15, -0.1) is 0 Å². The molecule has 6 aromatic heterocycles. The van der Waals surface area contributed by atoms with Gasteiger partial charge in [0.2, 0.25) is 5.78 Å². The van der Waals surface area contributed by atoms with Crippen LogP contribution in [0.1, 0.15) is 0 Å². The van der Waals surface area contributed by atoms with Crippen molar-refractivity contribution in [1.29, 1.82) is 0 Å². The summed E-state index contributed by atoms with van der Waals surface area (Å²) in [4.78, 5) is 17.1. The van der Waals surface area contributed by atoms with Crippen molar-refractivity contribution in [2.45, 2.75) is 0 Å². The first-order chi connectivity index (χ1) is 29.7. The lowest BCUT2D eigenvalue weighted by Crippen LogP contribution is -1.96. The number of para-hydroxylation sites is 8. The van der Waals surface area contributed by atoms with Gasteiger partial charge in [-0.3, -0.25) is 17.8 Å². The minimum atomic E-state index is 0.897. The van der Waals surface area contributed by atoms with Crippen LogP contribution >= 0.6 is 11.3 Å². The van der Waals surface area contributed by atoms with Crippen molar-refractivity contribution in [1.82, 2.24) is 37.3 Å². The topological polar surface area (TPSA) is 61.8 Å². The fourth-order valence-electron chi connectivity index (χ4n) is 9.55. The summed E-state index contributed by atoms with van der Waals surface area (Å²) < 4.78 is 11.6. The Hall–Kier alpha value is -8.01.